The molecule has 0 saturated carbocycles. The van der Waals surface area contributed by atoms with Gasteiger partial charge in [0.15, 0.2) is 0 Å². The lowest BCUT2D eigenvalue weighted by Crippen LogP contribution is -2.36. The number of quaternary nitrogens is 1. The zero-order chi connectivity index (χ0) is 34.5. The van der Waals surface area contributed by atoms with Gasteiger partial charge in [0.2, 0.25) is 0 Å². The summed E-state index contributed by atoms with van der Waals surface area (Å²) < 4.78 is 6.71. The minimum atomic E-state index is 0.0663. The second kappa shape index (κ2) is 35.7. The van der Waals surface area contributed by atoms with Crippen molar-refractivity contribution in [3.8, 4) is 0 Å². The minimum absolute atomic E-state index is 0.0663. The third-order valence-corrected chi connectivity index (χ3v) is 9.06. The Morgan fingerprint density at radius 1 is 0.489 bits per heavy atom. The van der Waals surface area contributed by atoms with Crippen molar-refractivity contribution in [1.29, 1.82) is 0 Å². The molecule has 0 saturated heterocycles. The zero-order valence-corrected chi connectivity index (χ0v) is 32.5. The Balaban J connectivity index is 4.10. The van der Waals surface area contributed by atoms with E-state index < -0.39 is 0 Å². The summed E-state index contributed by atoms with van der Waals surface area (Å²) >= 11 is 0. The SMILES string of the molecule is CCCCCC=CCC=CCCCCCCCCC(CCCCCCCCC=CCC=CCCCCC)C(=O)OCCC[N+](C)(C)C. The summed E-state index contributed by atoms with van der Waals surface area (Å²) in [5.41, 5.74) is 0. The summed E-state index contributed by atoms with van der Waals surface area (Å²) in [7, 11) is 6.59. The van der Waals surface area contributed by atoms with E-state index in [2.05, 4.69) is 83.6 Å². The fourth-order valence-electron chi connectivity index (χ4n) is 5.97. The monoisotopic (exact) mass is 657 g/mol. The molecule has 0 N–H and O–H groups in total. The number of hydrogen-bond acceptors (Lipinski definition) is 2. The molecule has 0 aliphatic heterocycles. The van der Waals surface area contributed by atoms with Crippen molar-refractivity contribution in [3.05, 3.63) is 48.6 Å². The first kappa shape index (κ1) is 45.4. The topological polar surface area (TPSA) is 26.3 Å². The molecule has 0 bridgehead atoms. The Labute approximate surface area is 295 Å². The lowest BCUT2D eigenvalue weighted by atomic mass is 9.94. The second-order valence-electron chi connectivity index (χ2n) is 15.0. The first-order chi connectivity index (χ1) is 22.9. The van der Waals surface area contributed by atoms with Gasteiger partial charge in [-0.05, 0) is 77.0 Å². The molecule has 0 amide bonds. The van der Waals surface area contributed by atoms with Crippen molar-refractivity contribution in [2.45, 2.75) is 187 Å². The van der Waals surface area contributed by atoms with Gasteiger partial charge in [-0.1, -0.05) is 152 Å². The Kier molecular flexibility index (Phi) is 34.5. The highest BCUT2D eigenvalue weighted by Crippen LogP contribution is 2.21. The molecule has 0 aliphatic rings. The molecule has 3 heteroatoms. The number of hydrogen-bond donors (Lipinski definition) is 0. The van der Waals surface area contributed by atoms with Crippen LogP contribution in [-0.2, 0) is 9.53 Å². The molecule has 274 valence electrons. The molecular weight excluding hydrogens is 574 g/mol. The third-order valence-electron chi connectivity index (χ3n) is 9.06. The first-order valence-corrected chi connectivity index (χ1v) is 20.5. The predicted molar refractivity (Wildman–Crippen MR) is 210 cm³/mol. The number of ether oxygens (including phenoxy) is 1. The van der Waals surface area contributed by atoms with Crippen molar-refractivity contribution in [3.63, 3.8) is 0 Å². The van der Waals surface area contributed by atoms with Gasteiger partial charge in [0.1, 0.15) is 0 Å². The number of esters is 1. The second-order valence-corrected chi connectivity index (χ2v) is 15.0. The van der Waals surface area contributed by atoms with Crippen LogP contribution < -0.4 is 0 Å². The maximum Gasteiger partial charge on any atom is 0.308 e. The van der Waals surface area contributed by atoms with Crippen molar-refractivity contribution in [1.82, 2.24) is 0 Å². The maximum absolute atomic E-state index is 13.0. The van der Waals surface area contributed by atoms with Crippen LogP contribution in [0.1, 0.15) is 187 Å². The molecule has 0 heterocycles. The summed E-state index contributed by atoms with van der Waals surface area (Å²) in [4.78, 5) is 13.0. The van der Waals surface area contributed by atoms with E-state index in [0.717, 1.165) is 56.0 Å². The van der Waals surface area contributed by atoms with Gasteiger partial charge in [-0.25, -0.2) is 0 Å². The van der Waals surface area contributed by atoms with E-state index in [-0.39, 0.29) is 11.9 Å². The van der Waals surface area contributed by atoms with E-state index >= 15 is 0 Å². The number of rotatable bonds is 35. The van der Waals surface area contributed by atoms with Crippen LogP contribution >= 0.6 is 0 Å². The smallest absolute Gasteiger partial charge is 0.308 e. The van der Waals surface area contributed by atoms with Crippen LogP contribution in [0.15, 0.2) is 48.6 Å². The van der Waals surface area contributed by atoms with Gasteiger partial charge < -0.3 is 9.22 Å². The Bertz CT molecular complexity index is 724. The van der Waals surface area contributed by atoms with Crippen LogP contribution in [0.2, 0.25) is 0 Å². The van der Waals surface area contributed by atoms with Gasteiger partial charge >= 0.3 is 5.97 Å². The largest absolute Gasteiger partial charge is 0.465 e. The zero-order valence-electron chi connectivity index (χ0n) is 32.5. The quantitative estimate of drug-likeness (QED) is 0.0294. The van der Waals surface area contributed by atoms with Crippen molar-refractivity contribution < 1.29 is 14.0 Å². The lowest BCUT2D eigenvalue weighted by molar-refractivity contribution is -0.870. The number of allylic oxidation sites excluding steroid dienone is 8. The average molecular weight is 657 g/mol. The van der Waals surface area contributed by atoms with Gasteiger partial charge in [0, 0.05) is 6.42 Å². The van der Waals surface area contributed by atoms with Gasteiger partial charge in [0.25, 0.3) is 0 Å². The van der Waals surface area contributed by atoms with Crippen molar-refractivity contribution >= 4 is 5.97 Å². The van der Waals surface area contributed by atoms with Gasteiger partial charge in [0.05, 0.1) is 40.2 Å². The lowest BCUT2D eigenvalue weighted by Gasteiger charge is -2.24. The normalized spacial score (nSPS) is 13.2. The molecule has 0 atom stereocenters. The molecule has 0 aromatic heterocycles. The summed E-state index contributed by atoms with van der Waals surface area (Å²) in [6.07, 6.45) is 51.9. The molecule has 3 nitrogen and oxygen atoms in total. The number of nitrogens with zero attached hydrogens (tertiary/aromatic N) is 1. The average Bonchev–Trinajstić information content (AvgIpc) is 3.04. The highest BCUT2D eigenvalue weighted by Gasteiger charge is 2.19. The molecule has 0 rings (SSSR count). The number of carbonyl (C=O) groups is 1. The standard InChI is InChI=1S/C44H82NO2/c1-6-8-10-12-14-16-18-20-22-24-26-28-30-32-34-36-39-43(44(46)47-42-38-41-45(3,4)5)40-37-35-33-31-29-27-25-23-21-19-17-15-13-11-9-7-2/h14-17,20-23,43H,6-13,18-19,24-42H2,1-5H3/q+1. The van der Waals surface area contributed by atoms with E-state index in [1.54, 1.807) is 0 Å². The molecule has 0 aromatic carbocycles. The summed E-state index contributed by atoms with van der Waals surface area (Å²) in [5.74, 6) is 0.160. The van der Waals surface area contributed by atoms with Crippen molar-refractivity contribution in [2.24, 2.45) is 5.92 Å². The maximum atomic E-state index is 13.0. The third kappa shape index (κ3) is 37.1. The fraction of sp³-hybridized carbons (Fsp3) is 0.795. The highest BCUT2D eigenvalue weighted by atomic mass is 16.5. The molecule has 0 spiro atoms. The molecular formula is C44H82NO2+. The fourth-order valence-corrected chi connectivity index (χ4v) is 5.97. The molecule has 47 heavy (non-hydrogen) atoms. The van der Waals surface area contributed by atoms with E-state index in [1.165, 1.54) is 128 Å². The van der Waals surface area contributed by atoms with E-state index in [9.17, 15) is 4.79 Å². The molecule has 0 fully saturated rings. The Morgan fingerprint density at radius 2 is 0.851 bits per heavy atom. The molecule has 0 unspecified atom stereocenters. The highest BCUT2D eigenvalue weighted by molar-refractivity contribution is 5.72. The molecule has 0 radical (unpaired) electrons. The van der Waals surface area contributed by atoms with Gasteiger partial charge in [-0.2, -0.15) is 0 Å². The van der Waals surface area contributed by atoms with Crippen LogP contribution in [0.4, 0.5) is 0 Å². The molecule has 0 aromatic rings. The van der Waals surface area contributed by atoms with Gasteiger partial charge in [-0.3, -0.25) is 4.79 Å². The van der Waals surface area contributed by atoms with E-state index in [4.69, 9.17) is 4.74 Å². The number of unbranched alkanes of at least 4 members (excludes halogenated alkanes) is 18. The van der Waals surface area contributed by atoms with Crippen LogP contribution in [0.5, 0.6) is 0 Å². The summed E-state index contributed by atoms with van der Waals surface area (Å²) in [5, 5.41) is 0. The van der Waals surface area contributed by atoms with Crippen LogP contribution in [0, 0.1) is 5.92 Å². The van der Waals surface area contributed by atoms with Crippen LogP contribution in [0.25, 0.3) is 0 Å². The van der Waals surface area contributed by atoms with E-state index in [1.807, 2.05) is 0 Å². The van der Waals surface area contributed by atoms with Crippen LogP contribution in [-0.4, -0.2) is 44.7 Å². The first-order valence-electron chi connectivity index (χ1n) is 20.5. The Hall–Kier alpha value is -1.61. The minimum Gasteiger partial charge on any atom is -0.465 e. The Morgan fingerprint density at radius 3 is 1.23 bits per heavy atom. The molecule has 0 aliphatic carbocycles. The summed E-state index contributed by atoms with van der Waals surface area (Å²) in [6, 6.07) is 0. The van der Waals surface area contributed by atoms with Crippen LogP contribution in [0.3, 0.4) is 0 Å². The number of carbonyl (C=O) groups excluding carboxylic acids is 1. The van der Waals surface area contributed by atoms with Crippen molar-refractivity contribution in [2.75, 3.05) is 34.3 Å². The summed E-state index contributed by atoms with van der Waals surface area (Å²) in [6.45, 7) is 6.13. The predicted octanol–water partition coefficient (Wildman–Crippen LogP) is 13.6. The van der Waals surface area contributed by atoms with E-state index in [0.29, 0.717) is 6.61 Å². The van der Waals surface area contributed by atoms with Gasteiger partial charge in [-0.15, -0.1) is 0 Å².